The molecule has 0 aliphatic rings. The Morgan fingerprint density at radius 3 is 2.62 bits per heavy atom. The van der Waals surface area contributed by atoms with Crippen molar-refractivity contribution < 1.29 is 0 Å². The maximum absolute atomic E-state index is 4.21. The van der Waals surface area contributed by atoms with Gasteiger partial charge in [-0.15, -0.1) is 10.2 Å². The zero-order valence-corrected chi connectivity index (χ0v) is 13.9. The molecule has 1 rings (SSSR count). The average molecular weight is 294 g/mol. The van der Waals surface area contributed by atoms with Crippen molar-refractivity contribution >= 4 is 5.96 Å². The van der Waals surface area contributed by atoms with E-state index in [2.05, 4.69) is 39.7 Å². The Balaban J connectivity index is 2.08. The number of guanidine groups is 1. The molecule has 1 aromatic heterocycles. The molecule has 6 heteroatoms. The van der Waals surface area contributed by atoms with Gasteiger partial charge in [0.2, 0.25) is 0 Å². The molecule has 21 heavy (non-hydrogen) atoms. The van der Waals surface area contributed by atoms with Crippen LogP contribution in [0.3, 0.4) is 0 Å². The first kappa shape index (κ1) is 17.5. The highest BCUT2D eigenvalue weighted by molar-refractivity contribution is 5.79. The summed E-state index contributed by atoms with van der Waals surface area (Å²) in [6, 6.07) is 0. The van der Waals surface area contributed by atoms with Crippen molar-refractivity contribution in [3.63, 3.8) is 0 Å². The van der Waals surface area contributed by atoms with Gasteiger partial charge in [0.05, 0.1) is 6.54 Å². The maximum Gasteiger partial charge on any atom is 0.191 e. The van der Waals surface area contributed by atoms with Gasteiger partial charge in [-0.1, -0.05) is 39.5 Å². The topological polar surface area (TPSA) is 67.1 Å². The van der Waals surface area contributed by atoms with Crippen LogP contribution in [0.5, 0.6) is 0 Å². The molecule has 0 aliphatic carbocycles. The highest BCUT2D eigenvalue weighted by atomic mass is 15.3. The molecule has 0 spiro atoms. The van der Waals surface area contributed by atoms with E-state index in [1.165, 1.54) is 32.1 Å². The molecule has 0 unspecified atom stereocenters. The van der Waals surface area contributed by atoms with E-state index < -0.39 is 0 Å². The van der Waals surface area contributed by atoms with Gasteiger partial charge < -0.3 is 15.2 Å². The van der Waals surface area contributed by atoms with Crippen LogP contribution < -0.4 is 10.6 Å². The van der Waals surface area contributed by atoms with E-state index in [0.29, 0.717) is 6.54 Å². The number of aryl methyl sites for hydroxylation is 1. The van der Waals surface area contributed by atoms with Crippen molar-refractivity contribution in [2.75, 3.05) is 13.6 Å². The second kappa shape index (κ2) is 10.2. The summed E-state index contributed by atoms with van der Waals surface area (Å²) in [6.45, 7) is 6.16. The van der Waals surface area contributed by atoms with E-state index in [1.54, 1.807) is 13.4 Å². The quantitative estimate of drug-likeness (QED) is 0.416. The fraction of sp³-hybridized carbons (Fsp3) is 0.800. The van der Waals surface area contributed by atoms with Gasteiger partial charge >= 0.3 is 0 Å². The van der Waals surface area contributed by atoms with Crippen molar-refractivity contribution in [3.05, 3.63) is 12.2 Å². The Morgan fingerprint density at radius 1 is 1.24 bits per heavy atom. The van der Waals surface area contributed by atoms with Crippen LogP contribution in [-0.4, -0.2) is 34.3 Å². The first-order chi connectivity index (χ1) is 10.1. The van der Waals surface area contributed by atoms with Crippen LogP contribution in [0.4, 0.5) is 0 Å². The van der Waals surface area contributed by atoms with Gasteiger partial charge in [0.1, 0.15) is 6.33 Å². The number of nitrogens with one attached hydrogen (secondary N) is 2. The largest absolute Gasteiger partial charge is 0.356 e. The fourth-order valence-electron chi connectivity index (χ4n) is 2.09. The summed E-state index contributed by atoms with van der Waals surface area (Å²) in [6.07, 6.45) is 8.17. The molecule has 0 saturated heterocycles. The van der Waals surface area contributed by atoms with Crippen LogP contribution in [0.1, 0.15) is 51.8 Å². The number of hydrogen-bond donors (Lipinski definition) is 2. The van der Waals surface area contributed by atoms with Crippen LogP contribution in [0, 0.1) is 5.92 Å². The smallest absolute Gasteiger partial charge is 0.191 e. The minimum atomic E-state index is 0.630. The molecule has 0 bridgehead atoms. The Morgan fingerprint density at radius 2 is 2.00 bits per heavy atom. The Kier molecular flexibility index (Phi) is 8.47. The van der Waals surface area contributed by atoms with E-state index in [0.717, 1.165) is 24.2 Å². The Bertz CT molecular complexity index is 410. The molecule has 0 aromatic carbocycles. The van der Waals surface area contributed by atoms with Crippen LogP contribution in [0.25, 0.3) is 0 Å². The second-order valence-corrected chi connectivity index (χ2v) is 5.81. The molecule has 6 nitrogen and oxygen atoms in total. The van der Waals surface area contributed by atoms with Gasteiger partial charge in [-0.25, -0.2) is 0 Å². The number of nitrogens with zero attached hydrogens (tertiary/aromatic N) is 4. The number of rotatable bonds is 9. The maximum atomic E-state index is 4.21. The number of unbranched alkanes of at least 4 members (excludes halogenated alkanes) is 3. The highest BCUT2D eigenvalue weighted by Gasteiger charge is 2.02. The average Bonchev–Trinajstić information content (AvgIpc) is 2.86. The van der Waals surface area contributed by atoms with E-state index in [1.807, 2.05) is 11.6 Å². The third-order valence-corrected chi connectivity index (χ3v) is 3.44. The minimum absolute atomic E-state index is 0.630. The lowest BCUT2D eigenvalue weighted by molar-refractivity contribution is 0.518. The first-order valence-electron chi connectivity index (χ1n) is 7.91. The highest BCUT2D eigenvalue weighted by Crippen LogP contribution is 2.08. The molecule has 0 atom stereocenters. The van der Waals surface area contributed by atoms with E-state index in [-0.39, 0.29) is 0 Å². The zero-order valence-electron chi connectivity index (χ0n) is 13.9. The molecule has 120 valence electrons. The molecule has 0 aliphatic heterocycles. The van der Waals surface area contributed by atoms with Gasteiger partial charge in [-0.3, -0.25) is 4.99 Å². The molecular weight excluding hydrogens is 264 g/mol. The van der Waals surface area contributed by atoms with Crippen molar-refractivity contribution in [3.8, 4) is 0 Å². The van der Waals surface area contributed by atoms with Gasteiger partial charge in [0, 0.05) is 20.6 Å². The lowest BCUT2D eigenvalue weighted by Crippen LogP contribution is -2.37. The van der Waals surface area contributed by atoms with Crippen LogP contribution in [0.2, 0.25) is 0 Å². The SMILES string of the molecule is CN=C(NCCCCCCC(C)C)NCc1nncn1C. The zero-order chi connectivity index (χ0) is 15.5. The molecular formula is C15H30N6. The summed E-state index contributed by atoms with van der Waals surface area (Å²) in [5.41, 5.74) is 0. The molecule has 0 amide bonds. The predicted octanol–water partition coefficient (Wildman–Crippen LogP) is 2.09. The number of aromatic nitrogens is 3. The summed E-state index contributed by atoms with van der Waals surface area (Å²) >= 11 is 0. The minimum Gasteiger partial charge on any atom is -0.356 e. The van der Waals surface area contributed by atoms with Crippen LogP contribution >= 0.6 is 0 Å². The van der Waals surface area contributed by atoms with E-state index in [9.17, 15) is 0 Å². The second-order valence-electron chi connectivity index (χ2n) is 5.81. The van der Waals surface area contributed by atoms with Gasteiger partial charge in [-0.05, 0) is 12.3 Å². The molecule has 0 radical (unpaired) electrons. The summed E-state index contributed by atoms with van der Waals surface area (Å²) in [5.74, 6) is 2.54. The van der Waals surface area contributed by atoms with Crippen molar-refractivity contribution in [1.82, 2.24) is 25.4 Å². The molecule has 0 saturated carbocycles. The standard InChI is InChI=1S/C15H30N6/c1-13(2)9-7-5-6-8-10-17-15(16-3)18-11-14-20-19-12-21(14)4/h12-13H,5-11H2,1-4H3,(H2,16,17,18). The normalized spacial score (nSPS) is 12.0. The fourth-order valence-corrected chi connectivity index (χ4v) is 2.09. The monoisotopic (exact) mass is 294 g/mol. The van der Waals surface area contributed by atoms with Crippen molar-refractivity contribution in [2.24, 2.45) is 18.0 Å². The van der Waals surface area contributed by atoms with Crippen molar-refractivity contribution in [2.45, 2.75) is 52.5 Å². The molecule has 2 N–H and O–H groups in total. The Hall–Kier alpha value is -1.59. The molecule has 1 aromatic rings. The summed E-state index contributed by atoms with van der Waals surface area (Å²) in [7, 11) is 3.72. The third kappa shape index (κ3) is 7.68. The predicted molar refractivity (Wildman–Crippen MR) is 87.1 cm³/mol. The Labute approximate surface area is 128 Å². The van der Waals surface area contributed by atoms with E-state index in [4.69, 9.17) is 0 Å². The van der Waals surface area contributed by atoms with Gasteiger partial charge in [-0.2, -0.15) is 0 Å². The van der Waals surface area contributed by atoms with Gasteiger partial charge in [0.25, 0.3) is 0 Å². The number of aliphatic imine (C=N–C) groups is 1. The summed E-state index contributed by atoms with van der Waals surface area (Å²) < 4.78 is 1.90. The number of hydrogen-bond acceptors (Lipinski definition) is 3. The first-order valence-corrected chi connectivity index (χ1v) is 7.91. The third-order valence-electron chi connectivity index (χ3n) is 3.44. The molecule has 0 fully saturated rings. The van der Waals surface area contributed by atoms with Gasteiger partial charge in [0.15, 0.2) is 11.8 Å². The van der Waals surface area contributed by atoms with E-state index >= 15 is 0 Å². The summed E-state index contributed by atoms with van der Waals surface area (Å²) in [5, 5.41) is 14.5. The van der Waals surface area contributed by atoms with Crippen LogP contribution in [0.15, 0.2) is 11.3 Å². The lowest BCUT2D eigenvalue weighted by Gasteiger charge is -2.11. The summed E-state index contributed by atoms with van der Waals surface area (Å²) in [4.78, 5) is 4.21. The lowest BCUT2D eigenvalue weighted by atomic mass is 10.0. The molecule has 1 heterocycles. The van der Waals surface area contributed by atoms with Crippen LogP contribution in [-0.2, 0) is 13.6 Å². The van der Waals surface area contributed by atoms with Crippen molar-refractivity contribution in [1.29, 1.82) is 0 Å².